The van der Waals surface area contributed by atoms with Crippen molar-refractivity contribution in [3.05, 3.63) is 27.5 Å². The molecule has 1 aromatic rings. The number of hydrazone groups is 1. The topological polar surface area (TPSA) is 115 Å². The van der Waals surface area contributed by atoms with Crippen molar-refractivity contribution in [2.45, 2.75) is 12.6 Å². The molecule has 0 aromatic heterocycles. The number of hydrazine groups is 1. The number of methoxy groups -OCH3 is 1. The maximum Gasteiger partial charge on any atom is 0.392 e. The lowest BCUT2D eigenvalue weighted by molar-refractivity contribution is -0.139. The Balaban J connectivity index is 3.05. The molecule has 0 radical (unpaired) electrons. The summed E-state index contributed by atoms with van der Waals surface area (Å²) in [6.07, 6.45) is -5.79. The van der Waals surface area contributed by atoms with Crippen LogP contribution >= 0.6 is 23.2 Å². The van der Waals surface area contributed by atoms with Gasteiger partial charge in [0.2, 0.25) is 5.96 Å². The van der Waals surface area contributed by atoms with E-state index in [0.29, 0.717) is 6.07 Å². The second-order valence-electron chi connectivity index (χ2n) is 5.16. The fourth-order valence-corrected chi connectivity index (χ4v) is 2.44. The third-order valence-corrected chi connectivity index (χ3v) is 3.78. The molecule has 0 saturated heterocycles. The normalized spacial score (nSPS) is 12.1. The summed E-state index contributed by atoms with van der Waals surface area (Å²) in [5, 5.41) is 5.28. The average Bonchev–Trinajstić information content (AvgIpc) is 2.59. The Labute approximate surface area is 167 Å². The fourth-order valence-electron chi connectivity index (χ4n) is 1.82. The highest BCUT2D eigenvalue weighted by Gasteiger charge is 2.29. The van der Waals surface area contributed by atoms with Gasteiger partial charge in [-0.2, -0.15) is 13.2 Å². The van der Waals surface area contributed by atoms with E-state index in [1.165, 1.54) is 7.11 Å². The molecule has 0 atom stereocenters. The van der Waals surface area contributed by atoms with Crippen LogP contribution in [-0.2, 0) is 4.74 Å². The maximum atomic E-state index is 14.2. The van der Waals surface area contributed by atoms with Gasteiger partial charge in [-0.05, 0) is 6.07 Å². The van der Waals surface area contributed by atoms with Gasteiger partial charge in [-0.3, -0.25) is 15.1 Å². The number of nitrogens with zero attached hydrogens (tertiary/aromatic N) is 2. The van der Waals surface area contributed by atoms with Crippen molar-refractivity contribution in [1.29, 1.82) is 0 Å². The number of halogens is 6. The van der Waals surface area contributed by atoms with Gasteiger partial charge in [-0.25, -0.2) is 10.2 Å². The van der Waals surface area contributed by atoms with Gasteiger partial charge in [0, 0.05) is 7.11 Å². The number of guanidine groups is 1. The van der Waals surface area contributed by atoms with Gasteiger partial charge in [0.1, 0.15) is 5.82 Å². The van der Waals surface area contributed by atoms with Crippen LogP contribution in [0.25, 0.3) is 0 Å². The summed E-state index contributed by atoms with van der Waals surface area (Å²) in [7, 11) is 1.41. The highest BCUT2D eigenvalue weighted by atomic mass is 35.5. The SMILES string of the molecule is COCCN(N)/C(=N\N)NC(=O)c1c(F)cc(Cl)c(OCCC(F)(F)F)c1Cl. The lowest BCUT2D eigenvalue weighted by Gasteiger charge is -2.20. The first kappa shape index (κ1) is 24.0. The predicted molar refractivity (Wildman–Crippen MR) is 94.4 cm³/mol. The van der Waals surface area contributed by atoms with Crippen LogP contribution in [0.4, 0.5) is 17.6 Å². The minimum absolute atomic E-state index is 0.0788. The minimum atomic E-state index is -4.49. The molecule has 158 valence electrons. The molecule has 0 fully saturated rings. The summed E-state index contributed by atoms with van der Waals surface area (Å²) in [5.41, 5.74) is -0.741. The van der Waals surface area contributed by atoms with Crippen molar-refractivity contribution in [3.63, 3.8) is 0 Å². The zero-order valence-electron chi connectivity index (χ0n) is 14.4. The van der Waals surface area contributed by atoms with Gasteiger partial charge in [0.15, 0.2) is 5.75 Å². The Morgan fingerprint density at radius 3 is 2.54 bits per heavy atom. The van der Waals surface area contributed by atoms with E-state index in [9.17, 15) is 22.4 Å². The molecule has 0 aliphatic carbocycles. The zero-order valence-corrected chi connectivity index (χ0v) is 16.0. The Hall–Kier alpha value is -2.02. The van der Waals surface area contributed by atoms with Gasteiger partial charge in [0.25, 0.3) is 5.91 Å². The maximum absolute atomic E-state index is 14.2. The van der Waals surface area contributed by atoms with Gasteiger partial charge >= 0.3 is 6.18 Å². The highest BCUT2D eigenvalue weighted by Crippen LogP contribution is 2.38. The summed E-state index contributed by atoms with van der Waals surface area (Å²) in [4.78, 5) is 12.4. The summed E-state index contributed by atoms with van der Waals surface area (Å²) >= 11 is 11.7. The molecular formula is C14H17Cl2F4N5O3. The third kappa shape index (κ3) is 6.86. The fraction of sp³-hybridized carbons (Fsp3) is 0.429. The smallest absolute Gasteiger partial charge is 0.392 e. The van der Waals surface area contributed by atoms with E-state index in [-0.39, 0.29) is 19.1 Å². The molecule has 5 N–H and O–H groups in total. The number of nitrogens with two attached hydrogens (primary N) is 2. The number of hydrogen-bond acceptors (Lipinski definition) is 6. The number of ether oxygens (including phenoxy) is 2. The van der Waals surface area contributed by atoms with Crippen LogP contribution in [0, 0.1) is 5.82 Å². The Morgan fingerprint density at radius 2 is 2.00 bits per heavy atom. The third-order valence-electron chi connectivity index (χ3n) is 3.14. The van der Waals surface area contributed by atoms with Crippen LogP contribution in [-0.4, -0.2) is 49.9 Å². The van der Waals surface area contributed by atoms with Gasteiger partial charge in [0.05, 0.1) is 41.8 Å². The molecule has 0 unspecified atom stereocenters. The molecule has 0 spiro atoms. The van der Waals surface area contributed by atoms with E-state index in [2.05, 4.69) is 10.4 Å². The molecular weight excluding hydrogens is 433 g/mol. The molecule has 0 saturated carbocycles. The number of hydrogen-bond donors (Lipinski definition) is 3. The Kier molecular flexibility index (Phi) is 9.01. The molecule has 0 bridgehead atoms. The second kappa shape index (κ2) is 10.5. The first-order valence-electron chi connectivity index (χ1n) is 7.49. The largest absolute Gasteiger partial charge is 0.490 e. The van der Waals surface area contributed by atoms with E-state index in [0.717, 1.165) is 5.01 Å². The molecule has 1 rings (SSSR count). The molecule has 0 heterocycles. The number of carbonyl (C=O) groups excluding carboxylic acids is 1. The lowest BCUT2D eigenvalue weighted by atomic mass is 10.2. The Bertz CT molecular complexity index is 734. The molecule has 1 aromatic carbocycles. The van der Waals surface area contributed by atoms with Crippen LogP contribution in [0.3, 0.4) is 0 Å². The zero-order chi connectivity index (χ0) is 21.5. The number of nitrogens with one attached hydrogen (secondary N) is 1. The van der Waals surface area contributed by atoms with E-state index in [1.807, 2.05) is 0 Å². The number of rotatable bonds is 7. The standard InChI is InChI=1S/C14H17Cl2F4N5O3/c1-27-5-3-25(22)13(24-21)23-12(26)9-8(17)6-7(15)11(10(9)16)28-4-2-14(18,19)20/h6H,2-5,21-22H2,1H3,(H,23,24,26). The van der Waals surface area contributed by atoms with Crippen molar-refractivity contribution in [2.24, 2.45) is 16.8 Å². The number of alkyl halides is 3. The van der Waals surface area contributed by atoms with Crippen molar-refractivity contribution in [1.82, 2.24) is 10.3 Å². The molecule has 0 aliphatic rings. The first-order valence-corrected chi connectivity index (χ1v) is 8.24. The number of amides is 1. The summed E-state index contributed by atoms with van der Waals surface area (Å²) in [6, 6.07) is 0.676. The molecule has 0 aliphatic heterocycles. The highest BCUT2D eigenvalue weighted by molar-refractivity contribution is 6.39. The predicted octanol–water partition coefficient (Wildman–Crippen LogP) is 2.25. The monoisotopic (exact) mass is 449 g/mol. The van der Waals surface area contributed by atoms with Crippen molar-refractivity contribution in [3.8, 4) is 5.75 Å². The average molecular weight is 450 g/mol. The van der Waals surface area contributed by atoms with E-state index >= 15 is 0 Å². The van der Waals surface area contributed by atoms with Gasteiger partial charge < -0.3 is 15.3 Å². The van der Waals surface area contributed by atoms with E-state index in [4.69, 9.17) is 44.4 Å². The van der Waals surface area contributed by atoms with Crippen LogP contribution in [0.5, 0.6) is 5.75 Å². The minimum Gasteiger partial charge on any atom is -0.490 e. The van der Waals surface area contributed by atoms with E-state index < -0.39 is 52.3 Å². The summed E-state index contributed by atoms with van der Waals surface area (Å²) in [5.74, 6) is 7.67. The second-order valence-corrected chi connectivity index (χ2v) is 5.95. The first-order chi connectivity index (χ1) is 13.0. The summed E-state index contributed by atoms with van der Waals surface area (Å²) in [6.45, 7) is -0.590. The number of carbonyl (C=O) groups is 1. The molecule has 1 amide bonds. The quantitative estimate of drug-likeness (QED) is 0.193. The van der Waals surface area contributed by atoms with Crippen molar-refractivity contribution < 1.29 is 31.8 Å². The van der Waals surface area contributed by atoms with E-state index in [1.54, 1.807) is 0 Å². The lowest BCUT2D eigenvalue weighted by Crippen LogP contribution is -2.50. The Morgan fingerprint density at radius 1 is 1.36 bits per heavy atom. The molecule has 8 nitrogen and oxygen atoms in total. The van der Waals surface area contributed by atoms with Crippen molar-refractivity contribution >= 4 is 35.1 Å². The summed E-state index contributed by atoms with van der Waals surface area (Å²) < 4.78 is 60.7. The van der Waals surface area contributed by atoms with Crippen LogP contribution in [0.1, 0.15) is 16.8 Å². The van der Waals surface area contributed by atoms with Crippen molar-refractivity contribution in [2.75, 3.05) is 26.9 Å². The van der Waals surface area contributed by atoms with Crippen LogP contribution in [0.15, 0.2) is 11.2 Å². The molecule has 14 heteroatoms. The number of benzene rings is 1. The van der Waals surface area contributed by atoms with Gasteiger partial charge in [-0.15, -0.1) is 5.10 Å². The molecule has 28 heavy (non-hydrogen) atoms. The van der Waals surface area contributed by atoms with Crippen LogP contribution in [0.2, 0.25) is 10.0 Å². The van der Waals surface area contributed by atoms with Crippen LogP contribution < -0.4 is 21.7 Å². The van der Waals surface area contributed by atoms with Gasteiger partial charge in [-0.1, -0.05) is 23.2 Å².